The summed E-state index contributed by atoms with van der Waals surface area (Å²) in [5.41, 5.74) is 0.449. The van der Waals surface area contributed by atoms with E-state index in [1.54, 1.807) is 12.4 Å². The van der Waals surface area contributed by atoms with Crippen molar-refractivity contribution in [2.24, 2.45) is 5.41 Å². The lowest BCUT2D eigenvalue weighted by Crippen LogP contribution is -2.45. The first-order valence-corrected chi connectivity index (χ1v) is 8.15. The highest BCUT2D eigenvalue weighted by Crippen LogP contribution is 2.42. The second kappa shape index (κ2) is 6.71. The summed E-state index contributed by atoms with van der Waals surface area (Å²) < 4.78 is 0. The number of hydrogen-bond donors (Lipinski definition) is 1. The van der Waals surface area contributed by atoms with E-state index < -0.39 is 0 Å². The van der Waals surface area contributed by atoms with Gasteiger partial charge in [0.2, 0.25) is 0 Å². The number of nitrogens with zero attached hydrogens (tertiary/aromatic N) is 2. The minimum absolute atomic E-state index is 0.449. The third-order valence-electron chi connectivity index (χ3n) is 3.80. The molecule has 1 aliphatic rings. The Bertz CT molecular complexity index is 380. The molecule has 2 rings (SSSR count). The maximum absolute atomic E-state index is 4.41. The molecule has 1 saturated carbocycles. The van der Waals surface area contributed by atoms with Crippen molar-refractivity contribution >= 4 is 11.8 Å². The van der Waals surface area contributed by atoms with Crippen molar-refractivity contribution in [3.8, 4) is 0 Å². The summed E-state index contributed by atoms with van der Waals surface area (Å²) in [5.74, 6) is 0. The van der Waals surface area contributed by atoms with Crippen molar-refractivity contribution in [3.63, 3.8) is 0 Å². The number of thioether (sulfide) groups is 1. The van der Waals surface area contributed by atoms with Gasteiger partial charge in [0.1, 0.15) is 5.03 Å². The Hall–Kier alpha value is -0.610. The normalized spacial score (nSPS) is 26.3. The largest absolute Gasteiger partial charge is 0.313 e. The first kappa shape index (κ1) is 14.8. The zero-order valence-corrected chi connectivity index (χ0v) is 13.0. The van der Waals surface area contributed by atoms with E-state index in [1.807, 2.05) is 18.0 Å². The number of nitrogens with one attached hydrogen (secondary N) is 1. The molecule has 1 aromatic heterocycles. The molecule has 0 aromatic carbocycles. The maximum atomic E-state index is 4.41. The lowest BCUT2D eigenvalue weighted by atomic mass is 9.75. The number of aromatic nitrogens is 2. The quantitative estimate of drug-likeness (QED) is 0.895. The first-order chi connectivity index (χ1) is 9.11. The molecule has 3 nitrogen and oxygen atoms in total. The van der Waals surface area contributed by atoms with Gasteiger partial charge < -0.3 is 5.32 Å². The molecule has 19 heavy (non-hydrogen) atoms. The highest BCUT2D eigenvalue weighted by Gasteiger charge is 2.35. The Morgan fingerprint density at radius 1 is 1.42 bits per heavy atom. The smallest absolute Gasteiger partial charge is 0.115 e. The van der Waals surface area contributed by atoms with E-state index in [-0.39, 0.29) is 0 Å². The monoisotopic (exact) mass is 279 g/mol. The van der Waals surface area contributed by atoms with E-state index in [0.717, 1.165) is 11.6 Å². The second-order valence-electron chi connectivity index (χ2n) is 6.17. The Balaban J connectivity index is 2.02. The average Bonchev–Trinajstić information content (AvgIpc) is 2.38. The van der Waals surface area contributed by atoms with Gasteiger partial charge in [0, 0.05) is 23.7 Å². The van der Waals surface area contributed by atoms with Crippen molar-refractivity contribution in [2.45, 2.75) is 62.8 Å². The molecular formula is C15H25N3S. The van der Waals surface area contributed by atoms with Gasteiger partial charge in [-0.05, 0) is 37.6 Å². The van der Waals surface area contributed by atoms with Crippen molar-refractivity contribution in [3.05, 3.63) is 18.6 Å². The topological polar surface area (TPSA) is 37.8 Å². The van der Waals surface area contributed by atoms with Crippen LogP contribution in [0, 0.1) is 5.41 Å². The van der Waals surface area contributed by atoms with Gasteiger partial charge in [-0.2, -0.15) is 0 Å². The van der Waals surface area contributed by atoms with Crippen LogP contribution in [-0.4, -0.2) is 27.8 Å². The number of hydrogen-bond acceptors (Lipinski definition) is 4. The molecule has 1 N–H and O–H groups in total. The molecule has 0 amide bonds. The van der Waals surface area contributed by atoms with Crippen molar-refractivity contribution < 1.29 is 0 Å². The van der Waals surface area contributed by atoms with Crippen LogP contribution < -0.4 is 5.32 Å². The van der Waals surface area contributed by atoms with Gasteiger partial charge >= 0.3 is 0 Å². The van der Waals surface area contributed by atoms with Crippen molar-refractivity contribution in [1.82, 2.24) is 15.3 Å². The van der Waals surface area contributed by atoms with Gasteiger partial charge in [0.05, 0.1) is 6.20 Å². The van der Waals surface area contributed by atoms with Crippen LogP contribution in [0.5, 0.6) is 0 Å². The Morgan fingerprint density at radius 2 is 2.26 bits per heavy atom. The summed E-state index contributed by atoms with van der Waals surface area (Å²) in [6.45, 7) is 8.10. The predicted octanol–water partition coefficient (Wildman–Crippen LogP) is 3.52. The summed E-state index contributed by atoms with van der Waals surface area (Å²) in [6.07, 6.45) is 10.4. The highest BCUT2D eigenvalue weighted by molar-refractivity contribution is 7.99. The van der Waals surface area contributed by atoms with Gasteiger partial charge in [-0.15, -0.1) is 0 Å². The van der Waals surface area contributed by atoms with Crippen LogP contribution in [0.3, 0.4) is 0 Å². The van der Waals surface area contributed by atoms with Crippen LogP contribution >= 0.6 is 11.8 Å². The van der Waals surface area contributed by atoms with Crippen LogP contribution in [0.25, 0.3) is 0 Å². The number of rotatable bonds is 5. The van der Waals surface area contributed by atoms with Gasteiger partial charge in [-0.1, -0.05) is 32.5 Å². The summed E-state index contributed by atoms with van der Waals surface area (Å²) >= 11 is 1.89. The van der Waals surface area contributed by atoms with Crippen LogP contribution in [-0.2, 0) is 0 Å². The molecule has 0 bridgehead atoms. The van der Waals surface area contributed by atoms with E-state index in [9.17, 15) is 0 Å². The molecular weight excluding hydrogens is 254 g/mol. The fraction of sp³-hybridized carbons (Fsp3) is 0.733. The fourth-order valence-electron chi connectivity index (χ4n) is 2.71. The zero-order chi connectivity index (χ0) is 13.7. The molecule has 0 aliphatic heterocycles. The van der Waals surface area contributed by atoms with Crippen LogP contribution in [0.1, 0.15) is 46.5 Å². The lowest BCUT2D eigenvalue weighted by molar-refractivity contribution is 0.214. The second-order valence-corrected chi connectivity index (χ2v) is 7.43. The van der Waals surface area contributed by atoms with E-state index >= 15 is 0 Å². The minimum Gasteiger partial charge on any atom is -0.313 e. The first-order valence-electron chi connectivity index (χ1n) is 7.27. The fourth-order valence-corrected chi connectivity index (χ4v) is 4.19. The van der Waals surface area contributed by atoms with Gasteiger partial charge in [0.15, 0.2) is 0 Å². The van der Waals surface area contributed by atoms with Crippen LogP contribution in [0.15, 0.2) is 23.6 Å². The van der Waals surface area contributed by atoms with Gasteiger partial charge in [-0.3, -0.25) is 4.98 Å². The highest BCUT2D eigenvalue weighted by atomic mass is 32.2. The molecule has 1 fully saturated rings. The molecule has 1 aromatic rings. The van der Waals surface area contributed by atoms with Crippen molar-refractivity contribution in [2.75, 3.05) is 6.54 Å². The van der Waals surface area contributed by atoms with Crippen molar-refractivity contribution in [1.29, 1.82) is 0 Å². The molecule has 2 unspecified atom stereocenters. The van der Waals surface area contributed by atoms with E-state index in [0.29, 0.717) is 16.7 Å². The molecule has 0 spiro atoms. The molecule has 4 heteroatoms. The third kappa shape index (κ3) is 4.46. The maximum Gasteiger partial charge on any atom is 0.115 e. The van der Waals surface area contributed by atoms with Crippen LogP contribution in [0.4, 0.5) is 0 Å². The van der Waals surface area contributed by atoms with E-state index in [2.05, 4.69) is 36.1 Å². The predicted molar refractivity (Wildman–Crippen MR) is 81.4 cm³/mol. The van der Waals surface area contributed by atoms with Gasteiger partial charge in [0.25, 0.3) is 0 Å². The molecule has 0 saturated heterocycles. The molecule has 1 aliphatic carbocycles. The SMILES string of the molecule is CCCNC1CCC(C)(C)CC1Sc1cnccn1. The summed E-state index contributed by atoms with van der Waals surface area (Å²) in [6, 6.07) is 0.611. The van der Waals surface area contributed by atoms with Gasteiger partial charge in [-0.25, -0.2) is 4.98 Å². The molecule has 1 heterocycles. The average molecular weight is 279 g/mol. The summed E-state index contributed by atoms with van der Waals surface area (Å²) in [7, 11) is 0. The minimum atomic E-state index is 0.449. The summed E-state index contributed by atoms with van der Waals surface area (Å²) in [4.78, 5) is 8.58. The molecule has 2 atom stereocenters. The van der Waals surface area contributed by atoms with Crippen LogP contribution in [0.2, 0.25) is 0 Å². The summed E-state index contributed by atoms with van der Waals surface area (Å²) in [5, 5.41) is 5.36. The zero-order valence-electron chi connectivity index (χ0n) is 12.2. The Labute approximate surface area is 121 Å². The Kier molecular flexibility index (Phi) is 5.22. The molecule has 106 valence electrons. The molecule has 0 radical (unpaired) electrons. The standard InChI is InChI=1S/C15H25N3S/c1-4-7-17-12-5-6-15(2,3)10-13(12)19-14-11-16-8-9-18-14/h8-9,11-13,17H,4-7,10H2,1-3H3. The lowest BCUT2D eigenvalue weighted by Gasteiger charge is -2.40. The third-order valence-corrected chi connectivity index (χ3v) is 5.05. The Morgan fingerprint density at radius 3 is 2.95 bits per heavy atom. The van der Waals surface area contributed by atoms with E-state index in [1.165, 1.54) is 25.7 Å². The van der Waals surface area contributed by atoms with E-state index in [4.69, 9.17) is 0 Å².